The van der Waals surface area contributed by atoms with E-state index in [1.807, 2.05) is 30.3 Å². The minimum Gasteiger partial charge on any atom is -0.343 e. The van der Waals surface area contributed by atoms with E-state index in [9.17, 15) is 4.79 Å². The second-order valence-electron chi connectivity index (χ2n) is 6.65. The SMILES string of the molecule is N#Cc1cc2n(n1)CCN(C(=O)c1ccc(-c3cncc4[nH]cnc34)cc1)C2. The highest BCUT2D eigenvalue weighted by atomic mass is 16.2. The van der Waals surface area contributed by atoms with Crippen molar-refractivity contribution in [3.63, 3.8) is 0 Å². The highest BCUT2D eigenvalue weighted by Crippen LogP contribution is 2.26. The minimum absolute atomic E-state index is 0.0337. The summed E-state index contributed by atoms with van der Waals surface area (Å²) in [5.41, 5.74) is 5.49. The van der Waals surface area contributed by atoms with Gasteiger partial charge in [-0.25, -0.2) is 4.98 Å². The summed E-state index contributed by atoms with van der Waals surface area (Å²) in [5.74, 6) is -0.0337. The Morgan fingerprint density at radius 2 is 2.04 bits per heavy atom. The number of benzene rings is 1. The average Bonchev–Trinajstić information content (AvgIpc) is 3.39. The fourth-order valence-electron chi connectivity index (χ4n) is 3.55. The number of rotatable bonds is 2. The summed E-state index contributed by atoms with van der Waals surface area (Å²) in [6.07, 6.45) is 5.16. The van der Waals surface area contributed by atoms with Gasteiger partial charge in [-0.2, -0.15) is 10.4 Å². The van der Waals surface area contributed by atoms with Crippen LogP contribution in [0.3, 0.4) is 0 Å². The number of imidazole rings is 1. The molecule has 0 bridgehead atoms. The van der Waals surface area contributed by atoms with Crippen LogP contribution in [0.1, 0.15) is 21.7 Å². The number of fused-ring (bicyclic) bond motifs is 2. The van der Waals surface area contributed by atoms with Crippen molar-refractivity contribution in [3.05, 3.63) is 66.0 Å². The van der Waals surface area contributed by atoms with E-state index in [0.717, 1.165) is 27.9 Å². The van der Waals surface area contributed by atoms with Crippen LogP contribution in [0.5, 0.6) is 0 Å². The van der Waals surface area contributed by atoms with Crippen molar-refractivity contribution in [2.45, 2.75) is 13.1 Å². The highest BCUT2D eigenvalue weighted by molar-refractivity contribution is 5.96. The number of H-pyrrole nitrogens is 1. The van der Waals surface area contributed by atoms with Crippen LogP contribution in [-0.4, -0.2) is 42.1 Å². The van der Waals surface area contributed by atoms with Crippen LogP contribution >= 0.6 is 0 Å². The molecule has 1 aliphatic rings. The molecule has 4 aromatic rings. The highest BCUT2D eigenvalue weighted by Gasteiger charge is 2.23. The fourth-order valence-corrected chi connectivity index (χ4v) is 3.55. The molecule has 136 valence electrons. The van der Waals surface area contributed by atoms with Crippen molar-refractivity contribution < 1.29 is 4.79 Å². The van der Waals surface area contributed by atoms with Gasteiger partial charge in [-0.05, 0) is 23.8 Å². The quantitative estimate of drug-likeness (QED) is 0.584. The molecular formula is C20H15N7O. The third-order valence-corrected chi connectivity index (χ3v) is 4.97. The van der Waals surface area contributed by atoms with E-state index in [2.05, 4.69) is 20.1 Å². The maximum atomic E-state index is 12.9. The Hall–Kier alpha value is -3.99. The summed E-state index contributed by atoms with van der Waals surface area (Å²) >= 11 is 0. The number of aromatic amines is 1. The first kappa shape index (κ1) is 16.2. The molecule has 28 heavy (non-hydrogen) atoms. The fraction of sp³-hybridized carbons (Fsp3) is 0.150. The van der Waals surface area contributed by atoms with Gasteiger partial charge >= 0.3 is 0 Å². The van der Waals surface area contributed by atoms with Crippen LogP contribution < -0.4 is 0 Å². The molecule has 0 saturated carbocycles. The molecule has 0 fully saturated rings. The molecule has 1 aliphatic heterocycles. The van der Waals surface area contributed by atoms with E-state index in [1.165, 1.54) is 0 Å². The summed E-state index contributed by atoms with van der Waals surface area (Å²) in [7, 11) is 0. The molecule has 0 atom stereocenters. The van der Waals surface area contributed by atoms with Gasteiger partial charge in [0.05, 0.1) is 42.3 Å². The van der Waals surface area contributed by atoms with Crippen LogP contribution in [-0.2, 0) is 13.1 Å². The third kappa shape index (κ3) is 2.61. The van der Waals surface area contributed by atoms with E-state index in [1.54, 1.807) is 34.4 Å². The van der Waals surface area contributed by atoms with E-state index in [0.29, 0.717) is 30.9 Å². The van der Waals surface area contributed by atoms with Crippen molar-refractivity contribution in [1.29, 1.82) is 5.26 Å². The van der Waals surface area contributed by atoms with Gasteiger partial charge in [0.25, 0.3) is 5.91 Å². The molecule has 4 heterocycles. The Labute approximate surface area is 160 Å². The number of hydrogen-bond acceptors (Lipinski definition) is 5. The number of nitrogens with zero attached hydrogens (tertiary/aromatic N) is 6. The molecule has 8 nitrogen and oxygen atoms in total. The van der Waals surface area contributed by atoms with Gasteiger partial charge in [-0.3, -0.25) is 14.5 Å². The lowest BCUT2D eigenvalue weighted by Gasteiger charge is -2.27. The van der Waals surface area contributed by atoms with Gasteiger partial charge in [0.2, 0.25) is 0 Å². The molecule has 0 aliphatic carbocycles. The summed E-state index contributed by atoms with van der Waals surface area (Å²) in [6.45, 7) is 1.61. The van der Waals surface area contributed by atoms with Crippen LogP contribution in [0, 0.1) is 11.3 Å². The lowest BCUT2D eigenvalue weighted by atomic mass is 10.0. The van der Waals surface area contributed by atoms with Crippen molar-refractivity contribution in [1.82, 2.24) is 29.6 Å². The topological polar surface area (TPSA) is 103 Å². The Morgan fingerprint density at radius 3 is 2.86 bits per heavy atom. The smallest absolute Gasteiger partial charge is 0.254 e. The standard InChI is InChI=1S/C20H15N7O/c21-8-15-7-16-11-26(5-6-27(16)25-15)20(28)14-3-1-13(2-4-14)17-9-22-10-18-19(17)24-12-23-18/h1-4,7,9-10,12H,5-6,11H2,(H,23,24). The summed E-state index contributed by atoms with van der Waals surface area (Å²) < 4.78 is 1.79. The summed E-state index contributed by atoms with van der Waals surface area (Å²) in [5, 5.41) is 13.2. The third-order valence-electron chi connectivity index (χ3n) is 4.97. The van der Waals surface area contributed by atoms with E-state index in [4.69, 9.17) is 5.26 Å². The number of pyridine rings is 1. The molecule has 5 rings (SSSR count). The predicted molar refractivity (Wildman–Crippen MR) is 101 cm³/mol. The van der Waals surface area contributed by atoms with Crippen molar-refractivity contribution in [2.75, 3.05) is 6.54 Å². The predicted octanol–water partition coefficient (Wildman–Crippen LogP) is 2.35. The molecule has 0 saturated heterocycles. The van der Waals surface area contributed by atoms with E-state index < -0.39 is 0 Å². The zero-order valence-corrected chi connectivity index (χ0v) is 14.8. The van der Waals surface area contributed by atoms with Crippen LogP contribution in [0.25, 0.3) is 22.2 Å². The zero-order chi connectivity index (χ0) is 19.1. The maximum absolute atomic E-state index is 12.9. The van der Waals surface area contributed by atoms with Crippen LogP contribution in [0.2, 0.25) is 0 Å². The van der Waals surface area contributed by atoms with Crippen molar-refractivity contribution >= 4 is 16.9 Å². The largest absolute Gasteiger partial charge is 0.343 e. The second kappa shape index (κ2) is 6.32. The van der Waals surface area contributed by atoms with Gasteiger partial charge < -0.3 is 9.88 Å². The number of hydrogen-bond donors (Lipinski definition) is 1. The average molecular weight is 369 g/mol. The molecule has 3 aromatic heterocycles. The van der Waals surface area contributed by atoms with Gasteiger partial charge in [0.1, 0.15) is 6.07 Å². The Morgan fingerprint density at radius 1 is 1.18 bits per heavy atom. The number of amides is 1. The Bertz CT molecular complexity index is 1230. The first-order valence-corrected chi connectivity index (χ1v) is 8.86. The van der Waals surface area contributed by atoms with Gasteiger partial charge in [-0.15, -0.1) is 0 Å². The minimum atomic E-state index is -0.0337. The normalized spacial score (nSPS) is 13.3. The van der Waals surface area contributed by atoms with E-state index in [-0.39, 0.29) is 5.91 Å². The van der Waals surface area contributed by atoms with Gasteiger partial charge in [0.15, 0.2) is 5.69 Å². The monoisotopic (exact) mass is 369 g/mol. The first-order chi connectivity index (χ1) is 13.7. The molecule has 0 unspecified atom stereocenters. The molecule has 0 spiro atoms. The number of carbonyl (C=O) groups excluding carboxylic acids is 1. The Balaban J connectivity index is 1.39. The summed E-state index contributed by atoms with van der Waals surface area (Å²) in [6, 6.07) is 11.3. The van der Waals surface area contributed by atoms with Crippen molar-refractivity contribution in [2.24, 2.45) is 0 Å². The van der Waals surface area contributed by atoms with Crippen molar-refractivity contribution in [3.8, 4) is 17.2 Å². The van der Waals surface area contributed by atoms with Gasteiger partial charge in [-0.1, -0.05) is 12.1 Å². The van der Waals surface area contributed by atoms with Crippen LogP contribution in [0.4, 0.5) is 0 Å². The first-order valence-electron chi connectivity index (χ1n) is 8.86. The second-order valence-corrected chi connectivity index (χ2v) is 6.65. The molecule has 8 heteroatoms. The molecule has 0 radical (unpaired) electrons. The molecule has 1 N–H and O–H groups in total. The van der Waals surface area contributed by atoms with Gasteiger partial charge in [0, 0.05) is 23.9 Å². The molecule has 1 aromatic carbocycles. The zero-order valence-electron chi connectivity index (χ0n) is 14.8. The number of nitriles is 1. The summed E-state index contributed by atoms with van der Waals surface area (Å²) in [4.78, 5) is 26.3. The lowest BCUT2D eigenvalue weighted by molar-refractivity contribution is 0.0706. The van der Waals surface area contributed by atoms with E-state index >= 15 is 0 Å². The molecule has 1 amide bonds. The lowest BCUT2D eigenvalue weighted by Crippen LogP contribution is -2.38. The number of aromatic nitrogens is 5. The maximum Gasteiger partial charge on any atom is 0.254 e. The Kier molecular flexibility index (Phi) is 3.66. The number of carbonyl (C=O) groups is 1. The van der Waals surface area contributed by atoms with Crippen LogP contribution in [0.15, 0.2) is 49.1 Å². The molecular weight excluding hydrogens is 354 g/mol. The number of nitrogens with one attached hydrogen (secondary N) is 1.